The molecule has 4 N–H and O–H groups in total. The van der Waals surface area contributed by atoms with E-state index in [9.17, 15) is 18.7 Å². The van der Waals surface area contributed by atoms with E-state index >= 15 is 0 Å². The molecule has 0 radical (unpaired) electrons. The number of ether oxygens (including phenoxy) is 1. The summed E-state index contributed by atoms with van der Waals surface area (Å²) in [5.74, 6) is -1.06. The molecule has 0 spiro atoms. The summed E-state index contributed by atoms with van der Waals surface area (Å²) in [6, 6.07) is 3.69. The molecule has 1 aromatic rings. The monoisotopic (exact) mass is 286 g/mol. The van der Waals surface area contributed by atoms with Crippen LogP contribution < -0.4 is 11.1 Å². The van der Waals surface area contributed by atoms with Crippen LogP contribution in [-0.2, 0) is 15.1 Å². The van der Waals surface area contributed by atoms with Crippen molar-refractivity contribution in [3.05, 3.63) is 29.6 Å². The average molecular weight is 286 g/mol. The molecule has 0 unspecified atom stereocenters. The van der Waals surface area contributed by atoms with Crippen LogP contribution in [-0.4, -0.2) is 36.5 Å². The molecule has 1 aliphatic heterocycles. The second-order valence-corrected chi connectivity index (χ2v) is 4.96. The minimum absolute atomic E-state index is 0.141. The molecule has 2 rings (SSSR count). The average Bonchev–Trinajstić information content (AvgIpc) is 2.69. The summed E-state index contributed by atoms with van der Waals surface area (Å²) in [5.41, 5.74) is 2.03. The van der Waals surface area contributed by atoms with Crippen molar-refractivity contribution in [3.8, 4) is 0 Å². The minimum atomic E-state index is -2.28. The van der Waals surface area contributed by atoms with E-state index in [-0.39, 0.29) is 18.1 Å². The molecule has 1 heterocycles. The Balaban J connectivity index is 2.48. The van der Waals surface area contributed by atoms with Crippen molar-refractivity contribution in [3.63, 3.8) is 0 Å². The number of amides is 1. The maximum absolute atomic E-state index is 14.6. The van der Waals surface area contributed by atoms with Crippen LogP contribution in [0.15, 0.2) is 18.2 Å². The highest BCUT2D eigenvalue weighted by Crippen LogP contribution is 2.41. The number of aliphatic hydroxyl groups excluding tert-OH is 1. The highest BCUT2D eigenvalue weighted by Gasteiger charge is 2.56. The number of alkyl halides is 1. The number of hydrogen-bond donors (Lipinski definition) is 3. The number of aliphatic hydroxyl groups is 1. The van der Waals surface area contributed by atoms with Gasteiger partial charge in [0.2, 0.25) is 5.91 Å². The van der Waals surface area contributed by atoms with Gasteiger partial charge in [-0.1, -0.05) is 0 Å². The lowest BCUT2D eigenvalue weighted by atomic mass is 9.79. The number of hydrogen-bond acceptors (Lipinski definition) is 4. The topological polar surface area (TPSA) is 84.6 Å². The van der Waals surface area contributed by atoms with Gasteiger partial charge in [0.15, 0.2) is 5.67 Å². The molecule has 20 heavy (non-hydrogen) atoms. The predicted molar refractivity (Wildman–Crippen MR) is 68.3 cm³/mol. The molecular formula is C13H16F2N2O3. The lowest BCUT2D eigenvalue weighted by Crippen LogP contribution is -2.57. The second-order valence-electron chi connectivity index (χ2n) is 4.96. The summed E-state index contributed by atoms with van der Waals surface area (Å²) in [6.45, 7) is -0.255. The standard InChI is InChI=1S/C13H16F2N2O3/c1-8(19)17-9-2-3-11(14)10(4-9)13(16)7-20-6-12(13,15)5-18/h2-4,18H,5-7,16H2,1H3,(H,17,19)/t12-,13+/m0/s1. The highest BCUT2D eigenvalue weighted by molar-refractivity contribution is 5.88. The Morgan fingerprint density at radius 2 is 2.25 bits per heavy atom. The Bertz CT molecular complexity index is 540. The van der Waals surface area contributed by atoms with E-state index in [1.807, 2.05) is 0 Å². The van der Waals surface area contributed by atoms with Crippen molar-refractivity contribution in [2.75, 3.05) is 25.1 Å². The first-order valence-electron chi connectivity index (χ1n) is 6.06. The maximum Gasteiger partial charge on any atom is 0.221 e. The first-order chi connectivity index (χ1) is 9.32. The fourth-order valence-corrected chi connectivity index (χ4v) is 2.29. The Morgan fingerprint density at radius 3 is 2.85 bits per heavy atom. The number of nitrogens with two attached hydrogens (primary N) is 1. The van der Waals surface area contributed by atoms with E-state index in [2.05, 4.69) is 5.32 Å². The third-order valence-electron chi connectivity index (χ3n) is 3.48. The molecule has 1 amide bonds. The van der Waals surface area contributed by atoms with Gasteiger partial charge in [-0.15, -0.1) is 0 Å². The number of carbonyl (C=O) groups excluding carboxylic acids is 1. The molecule has 1 saturated heterocycles. The van der Waals surface area contributed by atoms with E-state index in [0.717, 1.165) is 6.07 Å². The number of halogens is 2. The van der Waals surface area contributed by atoms with Crippen LogP contribution in [0.4, 0.5) is 14.5 Å². The molecule has 0 saturated carbocycles. The minimum Gasteiger partial charge on any atom is -0.393 e. The van der Waals surface area contributed by atoms with Gasteiger partial charge < -0.3 is 20.9 Å². The van der Waals surface area contributed by atoms with E-state index in [1.165, 1.54) is 19.1 Å². The molecule has 7 heteroatoms. The molecule has 1 aliphatic rings. The Kier molecular flexibility index (Phi) is 3.77. The number of nitrogens with one attached hydrogen (secondary N) is 1. The van der Waals surface area contributed by atoms with Crippen molar-refractivity contribution < 1.29 is 23.4 Å². The van der Waals surface area contributed by atoms with E-state index in [0.29, 0.717) is 5.69 Å². The van der Waals surface area contributed by atoms with Crippen molar-refractivity contribution in [1.29, 1.82) is 0 Å². The molecule has 0 aliphatic carbocycles. The second kappa shape index (κ2) is 5.08. The van der Waals surface area contributed by atoms with Gasteiger partial charge in [-0.3, -0.25) is 4.79 Å². The fraction of sp³-hybridized carbons (Fsp3) is 0.462. The van der Waals surface area contributed by atoms with Crippen LogP contribution >= 0.6 is 0 Å². The normalized spacial score (nSPS) is 29.4. The lowest BCUT2D eigenvalue weighted by Gasteiger charge is -2.34. The molecule has 1 fully saturated rings. The first kappa shape index (κ1) is 14.8. The molecule has 1 aromatic carbocycles. The van der Waals surface area contributed by atoms with Gasteiger partial charge in [0, 0.05) is 18.2 Å². The van der Waals surface area contributed by atoms with Crippen LogP contribution in [0.1, 0.15) is 12.5 Å². The highest BCUT2D eigenvalue weighted by atomic mass is 19.1. The number of rotatable bonds is 3. The van der Waals surface area contributed by atoms with E-state index in [1.54, 1.807) is 0 Å². The molecule has 0 bridgehead atoms. The van der Waals surface area contributed by atoms with Gasteiger partial charge in [0.1, 0.15) is 11.4 Å². The third kappa shape index (κ3) is 2.28. The summed E-state index contributed by atoms with van der Waals surface area (Å²) in [6.07, 6.45) is 0. The SMILES string of the molecule is CC(=O)Nc1ccc(F)c([C@]2(N)COC[C@@]2(F)CO)c1. The van der Waals surface area contributed by atoms with Crippen LogP contribution in [0.25, 0.3) is 0 Å². The Labute approximate surface area is 114 Å². The van der Waals surface area contributed by atoms with Gasteiger partial charge in [-0.25, -0.2) is 8.78 Å². The van der Waals surface area contributed by atoms with Crippen molar-refractivity contribution in [2.45, 2.75) is 18.1 Å². The van der Waals surface area contributed by atoms with Crippen LogP contribution in [0, 0.1) is 5.82 Å². The zero-order valence-corrected chi connectivity index (χ0v) is 11.0. The fourth-order valence-electron chi connectivity index (χ4n) is 2.29. The van der Waals surface area contributed by atoms with Gasteiger partial charge in [0.05, 0.1) is 19.8 Å². The van der Waals surface area contributed by atoms with Crippen LogP contribution in [0.2, 0.25) is 0 Å². The predicted octanol–water partition coefficient (Wildman–Crippen LogP) is 0.669. The van der Waals surface area contributed by atoms with Gasteiger partial charge in [-0.05, 0) is 18.2 Å². The molecule has 110 valence electrons. The summed E-state index contributed by atoms with van der Waals surface area (Å²) >= 11 is 0. The molecule has 5 nitrogen and oxygen atoms in total. The summed E-state index contributed by atoms with van der Waals surface area (Å²) < 4.78 is 33.6. The van der Waals surface area contributed by atoms with E-state index < -0.39 is 30.2 Å². The van der Waals surface area contributed by atoms with Crippen LogP contribution in [0.5, 0.6) is 0 Å². The van der Waals surface area contributed by atoms with Gasteiger partial charge in [0.25, 0.3) is 0 Å². The van der Waals surface area contributed by atoms with E-state index in [4.69, 9.17) is 10.5 Å². The van der Waals surface area contributed by atoms with Crippen LogP contribution in [0.3, 0.4) is 0 Å². The smallest absolute Gasteiger partial charge is 0.221 e. The van der Waals surface area contributed by atoms with Crippen molar-refractivity contribution in [1.82, 2.24) is 0 Å². The zero-order valence-electron chi connectivity index (χ0n) is 11.0. The largest absolute Gasteiger partial charge is 0.393 e. The number of anilines is 1. The summed E-state index contributed by atoms with van der Waals surface area (Å²) in [5, 5.41) is 11.7. The molecule has 2 atom stereocenters. The van der Waals surface area contributed by atoms with Crippen molar-refractivity contribution in [2.24, 2.45) is 5.73 Å². The van der Waals surface area contributed by atoms with Crippen molar-refractivity contribution >= 4 is 11.6 Å². The first-order valence-corrected chi connectivity index (χ1v) is 6.06. The maximum atomic E-state index is 14.6. The lowest BCUT2D eigenvalue weighted by molar-refractivity contribution is -0.114. The van der Waals surface area contributed by atoms with Gasteiger partial charge >= 0.3 is 0 Å². The summed E-state index contributed by atoms with van der Waals surface area (Å²) in [4.78, 5) is 11.0. The Morgan fingerprint density at radius 1 is 1.55 bits per heavy atom. The molecule has 0 aromatic heterocycles. The number of benzene rings is 1. The quantitative estimate of drug-likeness (QED) is 0.762. The summed E-state index contributed by atoms with van der Waals surface area (Å²) in [7, 11) is 0. The number of carbonyl (C=O) groups is 1. The Hall–Kier alpha value is -1.57. The molecular weight excluding hydrogens is 270 g/mol. The van der Waals surface area contributed by atoms with Gasteiger partial charge in [-0.2, -0.15) is 0 Å². The third-order valence-corrected chi connectivity index (χ3v) is 3.48. The zero-order chi connectivity index (χ0) is 15.0.